The highest BCUT2D eigenvalue weighted by Gasteiger charge is 2.37. The molecule has 0 radical (unpaired) electrons. The van der Waals surface area contributed by atoms with Crippen molar-refractivity contribution >= 4 is 40.5 Å². The highest BCUT2D eigenvalue weighted by atomic mass is 79.9. The number of nitrogens with zero attached hydrogens (tertiary/aromatic N) is 4. The molecule has 1 aliphatic heterocycles. The van der Waals surface area contributed by atoms with Crippen LogP contribution in [0.2, 0.25) is 0 Å². The zero-order chi connectivity index (χ0) is 32.6. The van der Waals surface area contributed by atoms with E-state index >= 15 is 0 Å². The van der Waals surface area contributed by atoms with Crippen LogP contribution in [0, 0.1) is 5.82 Å². The number of phosphoric ester groups is 1. The van der Waals surface area contributed by atoms with Gasteiger partial charge in [0, 0.05) is 48.1 Å². The van der Waals surface area contributed by atoms with Gasteiger partial charge < -0.3 is 18.8 Å². The van der Waals surface area contributed by atoms with Crippen LogP contribution in [0.1, 0.15) is 47.1 Å². The summed E-state index contributed by atoms with van der Waals surface area (Å²) in [5.41, 5.74) is 1.39. The number of pyridine rings is 2. The van der Waals surface area contributed by atoms with Gasteiger partial charge in [-0.3, -0.25) is 18.4 Å². The van der Waals surface area contributed by atoms with E-state index in [1.807, 2.05) is 18.3 Å². The average molecular weight is 706 g/mol. The summed E-state index contributed by atoms with van der Waals surface area (Å²) in [5.74, 6) is -0.401. The molecule has 10 nitrogen and oxygen atoms in total. The first kappa shape index (κ1) is 33.5. The molecular formula is C32H39BrFN4O6P. The fraction of sp³-hybridized carbons (Fsp3) is 0.438. The van der Waals surface area contributed by atoms with E-state index in [0.29, 0.717) is 34.5 Å². The molecule has 0 spiro atoms. The van der Waals surface area contributed by atoms with Gasteiger partial charge in [-0.15, -0.1) is 0 Å². The van der Waals surface area contributed by atoms with Gasteiger partial charge >= 0.3 is 7.82 Å². The van der Waals surface area contributed by atoms with Gasteiger partial charge in [0.15, 0.2) is 0 Å². The summed E-state index contributed by atoms with van der Waals surface area (Å²) in [4.78, 5) is 20.2. The van der Waals surface area contributed by atoms with Gasteiger partial charge in [0.05, 0.1) is 47.3 Å². The number of halogens is 2. The van der Waals surface area contributed by atoms with E-state index in [1.54, 1.807) is 76.7 Å². The maximum atomic E-state index is 14.6. The number of aromatic nitrogens is 3. The van der Waals surface area contributed by atoms with E-state index < -0.39 is 24.8 Å². The van der Waals surface area contributed by atoms with E-state index in [0.717, 1.165) is 29.7 Å². The molecule has 13 heteroatoms. The lowest BCUT2D eigenvalue weighted by Crippen LogP contribution is -2.36. The molecule has 0 atom stereocenters. The summed E-state index contributed by atoms with van der Waals surface area (Å²) in [7, 11) is -4.01. The lowest BCUT2D eigenvalue weighted by molar-refractivity contribution is -0.00567. The Morgan fingerprint density at radius 1 is 1.02 bits per heavy atom. The van der Waals surface area contributed by atoms with E-state index in [2.05, 4.69) is 20.8 Å². The second-order valence-electron chi connectivity index (χ2n) is 12.9. The van der Waals surface area contributed by atoms with Crippen molar-refractivity contribution in [3.05, 3.63) is 81.2 Å². The fourth-order valence-electron chi connectivity index (χ4n) is 5.02. The molecule has 4 heterocycles. The van der Waals surface area contributed by atoms with Crippen molar-refractivity contribution < 1.29 is 27.3 Å². The Hall–Kier alpha value is -2.86. The predicted octanol–water partition coefficient (Wildman–Crippen LogP) is 7.36. The molecule has 0 aliphatic carbocycles. The first-order valence-corrected chi connectivity index (χ1v) is 17.0. The standard InChI is InChI=1S/C32H39BrFN4O6P/c1-31(2,3)43-45(40,44-32(4,5)6)42-21-38-20-26(25-17-24(18-35-30(25)38)36-12-14-41-15-13-36)22-10-11-37(28(39)16-22)19-23-8-7-9-27(33)29(23)34/h7-11,16-18,20H,12-15,19,21H2,1-6H3. The van der Waals surface area contributed by atoms with Crippen LogP contribution < -0.4 is 10.5 Å². The first-order chi connectivity index (χ1) is 21.1. The largest absolute Gasteiger partial charge is 0.477 e. The first-order valence-electron chi connectivity index (χ1n) is 14.7. The molecule has 1 aromatic carbocycles. The number of phosphoric acid groups is 1. The summed E-state index contributed by atoms with van der Waals surface area (Å²) in [5, 5.41) is 0.779. The van der Waals surface area contributed by atoms with Gasteiger partial charge in [-0.25, -0.2) is 13.9 Å². The molecular weight excluding hydrogens is 666 g/mol. The Balaban J connectivity index is 1.53. The van der Waals surface area contributed by atoms with Crippen LogP contribution in [0.5, 0.6) is 0 Å². The van der Waals surface area contributed by atoms with Crippen molar-refractivity contribution in [3.8, 4) is 11.1 Å². The molecule has 1 saturated heterocycles. The summed E-state index contributed by atoms with van der Waals surface area (Å²) in [6.45, 7) is 13.3. The van der Waals surface area contributed by atoms with Gasteiger partial charge in [-0.1, -0.05) is 12.1 Å². The van der Waals surface area contributed by atoms with Crippen LogP contribution in [0.15, 0.2) is 64.3 Å². The Morgan fingerprint density at radius 3 is 2.36 bits per heavy atom. The van der Waals surface area contributed by atoms with Gasteiger partial charge in [-0.2, -0.15) is 0 Å². The highest BCUT2D eigenvalue weighted by molar-refractivity contribution is 9.10. The van der Waals surface area contributed by atoms with Crippen molar-refractivity contribution in [2.45, 2.75) is 66.0 Å². The van der Waals surface area contributed by atoms with Crippen molar-refractivity contribution in [2.24, 2.45) is 0 Å². The van der Waals surface area contributed by atoms with Crippen molar-refractivity contribution in [1.29, 1.82) is 0 Å². The zero-order valence-corrected chi connectivity index (χ0v) is 28.9. The molecule has 0 bridgehead atoms. The van der Waals surface area contributed by atoms with E-state index in [9.17, 15) is 13.8 Å². The summed E-state index contributed by atoms with van der Waals surface area (Å²) in [6.07, 6.45) is 5.25. The Morgan fingerprint density at radius 2 is 1.71 bits per heavy atom. The number of ether oxygens (including phenoxy) is 1. The van der Waals surface area contributed by atoms with Crippen molar-refractivity contribution in [2.75, 3.05) is 31.2 Å². The topological polar surface area (TPSA) is 97.1 Å². The molecule has 0 N–H and O–H groups in total. The second kappa shape index (κ2) is 13.1. The number of benzene rings is 1. The molecule has 0 saturated carbocycles. The van der Waals surface area contributed by atoms with Gasteiger partial charge in [0.25, 0.3) is 5.56 Å². The van der Waals surface area contributed by atoms with E-state index in [-0.39, 0.29) is 18.8 Å². The van der Waals surface area contributed by atoms with Crippen LogP contribution in [0.4, 0.5) is 10.1 Å². The van der Waals surface area contributed by atoms with Gasteiger partial charge in [0.1, 0.15) is 18.2 Å². The average Bonchev–Trinajstić information content (AvgIpc) is 3.32. The highest BCUT2D eigenvalue weighted by Crippen LogP contribution is 2.55. The lowest BCUT2D eigenvalue weighted by Gasteiger charge is -2.31. The minimum absolute atomic E-state index is 0.0829. The molecule has 1 aliphatic rings. The summed E-state index contributed by atoms with van der Waals surface area (Å²) >= 11 is 3.21. The maximum absolute atomic E-state index is 14.6. The number of anilines is 1. The van der Waals surface area contributed by atoms with Crippen LogP contribution in [0.3, 0.4) is 0 Å². The molecule has 0 amide bonds. The Kier molecular flexibility index (Phi) is 9.75. The SMILES string of the molecule is CC(C)(C)OP(=O)(OCn1cc(-c2ccn(Cc3cccc(Br)c3F)c(=O)c2)c2cc(N3CCOCC3)cnc21)OC(C)(C)C. The maximum Gasteiger partial charge on any atom is 0.477 e. The Labute approximate surface area is 270 Å². The van der Waals surface area contributed by atoms with Crippen LogP contribution >= 0.6 is 23.8 Å². The smallest absolute Gasteiger partial charge is 0.378 e. The molecule has 242 valence electrons. The number of fused-ring (bicyclic) bond motifs is 1. The second-order valence-corrected chi connectivity index (χ2v) is 15.3. The van der Waals surface area contributed by atoms with Crippen LogP contribution in [-0.4, -0.2) is 51.6 Å². The van der Waals surface area contributed by atoms with Gasteiger partial charge in [0.2, 0.25) is 0 Å². The minimum Gasteiger partial charge on any atom is -0.378 e. The van der Waals surface area contributed by atoms with Crippen LogP contribution in [0.25, 0.3) is 22.2 Å². The summed E-state index contributed by atoms with van der Waals surface area (Å²) in [6, 6.07) is 10.4. The number of morpholine rings is 1. The Bertz CT molecular complexity index is 1770. The minimum atomic E-state index is -4.01. The van der Waals surface area contributed by atoms with Crippen LogP contribution in [-0.2, 0) is 36.1 Å². The fourth-order valence-corrected chi connectivity index (χ4v) is 7.18. The number of rotatable bonds is 9. The van der Waals surface area contributed by atoms with E-state index in [1.165, 1.54) is 10.6 Å². The lowest BCUT2D eigenvalue weighted by atomic mass is 10.1. The van der Waals surface area contributed by atoms with E-state index in [4.69, 9.17) is 23.3 Å². The molecule has 3 aromatic heterocycles. The molecule has 45 heavy (non-hydrogen) atoms. The number of hydrogen-bond acceptors (Lipinski definition) is 8. The molecule has 4 aromatic rings. The molecule has 0 unspecified atom stereocenters. The van der Waals surface area contributed by atoms with Crippen molar-refractivity contribution in [3.63, 3.8) is 0 Å². The van der Waals surface area contributed by atoms with Crippen molar-refractivity contribution in [1.82, 2.24) is 14.1 Å². The third-order valence-corrected chi connectivity index (χ3v) is 9.47. The monoisotopic (exact) mass is 704 g/mol. The summed E-state index contributed by atoms with van der Waals surface area (Å²) < 4.78 is 55.0. The molecule has 5 rings (SSSR count). The van der Waals surface area contributed by atoms with Gasteiger partial charge in [-0.05, 0) is 81.2 Å². The quantitative estimate of drug-likeness (QED) is 0.167. The molecule has 1 fully saturated rings. The predicted molar refractivity (Wildman–Crippen MR) is 176 cm³/mol. The third-order valence-electron chi connectivity index (χ3n) is 6.88. The zero-order valence-electron chi connectivity index (χ0n) is 26.4. The third kappa shape index (κ3) is 8.30. The number of hydrogen-bond donors (Lipinski definition) is 0. The normalized spacial score (nSPS) is 14.8.